The topological polar surface area (TPSA) is 76.6 Å². The number of anilines is 3. The van der Waals surface area contributed by atoms with Crippen LogP contribution in [0.4, 0.5) is 22.2 Å². The van der Waals surface area contributed by atoms with Crippen LogP contribution < -0.4 is 15.5 Å². The van der Waals surface area contributed by atoms with Gasteiger partial charge in [-0.3, -0.25) is 4.90 Å². The molecule has 1 unspecified atom stereocenters. The van der Waals surface area contributed by atoms with Crippen molar-refractivity contribution in [3.63, 3.8) is 0 Å². The SMILES string of the molecule is O=C(Nc1cccc2ccccc12)N1CCC(N2CCCC(Nc3nccc(N4CCCCCC4)n3)C2)CC1. The van der Waals surface area contributed by atoms with Crippen molar-refractivity contribution in [3.8, 4) is 0 Å². The molecule has 0 radical (unpaired) electrons. The second-order valence-electron chi connectivity index (χ2n) is 11.3. The van der Waals surface area contributed by atoms with Gasteiger partial charge in [-0.15, -0.1) is 0 Å². The van der Waals surface area contributed by atoms with Crippen molar-refractivity contribution in [2.45, 2.75) is 63.5 Å². The summed E-state index contributed by atoms with van der Waals surface area (Å²) in [6.07, 6.45) is 11.4. The van der Waals surface area contributed by atoms with Gasteiger partial charge < -0.3 is 20.4 Å². The van der Waals surface area contributed by atoms with Crippen molar-refractivity contribution in [3.05, 3.63) is 54.7 Å². The predicted octanol–water partition coefficient (Wildman–Crippen LogP) is 5.58. The first-order valence-electron chi connectivity index (χ1n) is 14.9. The lowest BCUT2D eigenvalue weighted by atomic mass is 9.98. The fraction of sp³-hybridized carbons (Fsp3) is 0.516. The average Bonchev–Trinajstić information content (AvgIpc) is 3.28. The van der Waals surface area contributed by atoms with Crippen molar-refractivity contribution in [2.24, 2.45) is 0 Å². The van der Waals surface area contributed by atoms with E-state index in [1.807, 2.05) is 41.4 Å². The number of hydrogen-bond donors (Lipinski definition) is 2. The molecule has 4 heterocycles. The quantitative estimate of drug-likeness (QED) is 0.451. The van der Waals surface area contributed by atoms with Crippen LogP contribution in [0.1, 0.15) is 51.4 Å². The maximum Gasteiger partial charge on any atom is 0.321 e. The number of rotatable bonds is 5. The van der Waals surface area contributed by atoms with Crippen LogP contribution in [0, 0.1) is 0 Å². The van der Waals surface area contributed by atoms with Gasteiger partial charge in [0, 0.05) is 56.4 Å². The molecule has 3 fully saturated rings. The first-order chi connectivity index (χ1) is 19.2. The molecular weight excluding hydrogens is 486 g/mol. The summed E-state index contributed by atoms with van der Waals surface area (Å²) in [6.45, 7) is 5.89. The summed E-state index contributed by atoms with van der Waals surface area (Å²) in [5.41, 5.74) is 0.882. The minimum absolute atomic E-state index is 0.00410. The summed E-state index contributed by atoms with van der Waals surface area (Å²) in [4.78, 5) is 29.5. The monoisotopic (exact) mass is 527 g/mol. The lowest BCUT2D eigenvalue weighted by Crippen LogP contribution is -2.52. The summed E-state index contributed by atoms with van der Waals surface area (Å²) in [5.74, 6) is 1.81. The lowest BCUT2D eigenvalue weighted by molar-refractivity contribution is 0.0997. The largest absolute Gasteiger partial charge is 0.356 e. The van der Waals surface area contributed by atoms with E-state index in [0.29, 0.717) is 12.1 Å². The maximum atomic E-state index is 13.1. The molecule has 3 aromatic rings. The third-order valence-electron chi connectivity index (χ3n) is 8.66. The number of fused-ring (bicyclic) bond motifs is 1. The zero-order chi connectivity index (χ0) is 26.4. The highest BCUT2D eigenvalue weighted by atomic mass is 16.2. The molecule has 206 valence electrons. The Morgan fingerprint density at radius 2 is 1.62 bits per heavy atom. The number of likely N-dealkylation sites (tertiary alicyclic amines) is 2. The van der Waals surface area contributed by atoms with Gasteiger partial charge in [0.2, 0.25) is 5.95 Å². The van der Waals surface area contributed by atoms with E-state index < -0.39 is 0 Å². The van der Waals surface area contributed by atoms with Gasteiger partial charge in [0.25, 0.3) is 0 Å². The molecule has 0 spiro atoms. The molecule has 6 rings (SSSR count). The Labute approximate surface area is 231 Å². The van der Waals surface area contributed by atoms with Crippen LogP contribution in [0.3, 0.4) is 0 Å². The van der Waals surface area contributed by atoms with Crippen molar-refractivity contribution in [1.29, 1.82) is 0 Å². The van der Waals surface area contributed by atoms with E-state index in [-0.39, 0.29) is 6.03 Å². The Balaban J connectivity index is 1.01. The number of amides is 2. The second-order valence-corrected chi connectivity index (χ2v) is 11.3. The number of piperidine rings is 2. The van der Waals surface area contributed by atoms with E-state index in [1.165, 1.54) is 32.1 Å². The summed E-state index contributed by atoms with van der Waals surface area (Å²) < 4.78 is 0. The van der Waals surface area contributed by atoms with Gasteiger partial charge in [-0.25, -0.2) is 9.78 Å². The highest BCUT2D eigenvalue weighted by Gasteiger charge is 2.30. The number of nitrogens with zero attached hydrogens (tertiary/aromatic N) is 5. The Bertz CT molecular complexity index is 1250. The van der Waals surface area contributed by atoms with Crippen LogP contribution in [-0.2, 0) is 0 Å². The number of urea groups is 1. The molecule has 3 aliphatic rings. The number of carbonyl (C=O) groups excluding carboxylic acids is 1. The van der Waals surface area contributed by atoms with Crippen molar-refractivity contribution in [2.75, 3.05) is 54.8 Å². The third-order valence-corrected chi connectivity index (χ3v) is 8.66. The fourth-order valence-corrected chi connectivity index (χ4v) is 6.50. The fourth-order valence-electron chi connectivity index (χ4n) is 6.50. The molecule has 8 heteroatoms. The van der Waals surface area contributed by atoms with Crippen LogP contribution in [0.25, 0.3) is 10.8 Å². The number of hydrogen-bond acceptors (Lipinski definition) is 6. The van der Waals surface area contributed by atoms with Crippen LogP contribution in [0.2, 0.25) is 0 Å². The highest BCUT2D eigenvalue weighted by molar-refractivity contribution is 6.01. The van der Waals surface area contributed by atoms with E-state index in [1.54, 1.807) is 0 Å². The Morgan fingerprint density at radius 3 is 2.46 bits per heavy atom. The molecular formula is C31H41N7O. The smallest absolute Gasteiger partial charge is 0.321 e. The maximum absolute atomic E-state index is 13.1. The van der Waals surface area contributed by atoms with Crippen molar-refractivity contribution in [1.82, 2.24) is 19.8 Å². The first kappa shape index (κ1) is 25.9. The predicted molar refractivity (Wildman–Crippen MR) is 158 cm³/mol. The Kier molecular flexibility index (Phi) is 8.09. The molecule has 39 heavy (non-hydrogen) atoms. The van der Waals surface area contributed by atoms with E-state index >= 15 is 0 Å². The normalized spacial score (nSPS) is 21.5. The Hall–Kier alpha value is -3.39. The summed E-state index contributed by atoms with van der Waals surface area (Å²) in [5, 5.41) is 9.03. The Morgan fingerprint density at radius 1 is 0.821 bits per heavy atom. The van der Waals surface area contributed by atoms with Crippen molar-refractivity contribution >= 4 is 34.3 Å². The molecule has 3 saturated heterocycles. The van der Waals surface area contributed by atoms with E-state index in [4.69, 9.17) is 4.98 Å². The molecule has 1 aromatic heterocycles. The molecule has 2 N–H and O–H groups in total. The standard InChI is InChI=1S/C31H41N7O/c39-31(34-28-13-7-10-24-9-3-4-12-27(24)28)37-21-15-26(16-22-37)38-20-8-11-25(23-38)33-30-32-17-14-29(35-30)36-18-5-1-2-6-19-36/h3-4,7,9-10,12-14,17,25-26H,1-2,5-6,8,11,15-16,18-23H2,(H,34,39)(H,32,33,35). The molecule has 3 aliphatic heterocycles. The van der Waals surface area contributed by atoms with Gasteiger partial charge in [0.05, 0.1) is 5.69 Å². The van der Waals surface area contributed by atoms with E-state index in [9.17, 15) is 4.79 Å². The summed E-state index contributed by atoms with van der Waals surface area (Å²) in [6, 6.07) is 17.2. The number of nitrogens with one attached hydrogen (secondary N) is 2. The van der Waals surface area contributed by atoms with Crippen molar-refractivity contribution < 1.29 is 4.79 Å². The molecule has 0 aliphatic carbocycles. The minimum Gasteiger partial charge on any atom is -0.356 e. The van der Waals surface area contributed by atoms with Gasteiger partial charge >= 0.3 is 6.03 Å². The number of aromatic nitrogens is 2. The molecule has 0 saturated carbocycles. The minimum atomic E-state index is 0.00410. The third kappa shape index (κ3) is 6.27. The zero-order valence-corrected chi connectivity index (χ0v) is 22.9. The van der Waals surface area contributed by atoms with Crippen LogP contribution >= 0.6 is 0 Å². The molecule has 1 atom stereocenters. The molecule has 2 amide bonds. The number of carbonyl (C=O) groups is 1. The zero-order valence-electron chi connectivity index (χ0n) is 22.9. The summed E-state index contributed by atoms with van der Waals surface area (Å²) in [7, 11) is 0. The van der Waals surface area contributed by atoms with Gasteiger partial charge in [-0.2, -0.15) is 4.98 Å². The number of benzene rings is 2. The summed E-state index contributed by atoms with van der Waals surface area (Å²) >= 11 is 0. The highest BCUT2D eigenvalue weighted by Crippen LogP contribution is 2.26. The van der Waals surface area contributed by atoms with Crippen LogP contribution in [0.5, 0.6) is 0 Å². The molecule has 0 bridgehead atoms. The average molecular weight is 528 g/mol. The van der Waals surface area contributed by atoms with E-state index in [2.05, 4.69) is 43.6 Å². The van der Waals surface area contributed by atoms with Gasteiger partial charge in [-0.05, 0) is 62.6 Å². The lowest BCUT2D eigenvalue weighted by Gasteiger charge is -2.42. The first-order valence-corrected chi connectivity index (χ1v) is 14.9. The van der Waals surface area contributed by atoms with Gasteiger partial charge in [0.1, 0.15) is 5.82 Å². The second kappa shape index (κ2) is 12.2. The van der Waals surface area contributed by atoms with Crippen LogP contribution in [-0.4, -0.2) is 77.2 Å². The van der Waals surface area contributed by atoms with Gasteiger partial charge in [0.15, 0.2) is 0 Å². The molecule has 8 nitrogen and oxygen atoms in total. The van der Waals surface area contributed by atoms with Gasteiger partial charge in [-0.1, -0.05) is 49.2 Å². The van der Waals surface area contributed by atoms with Crippen LogP contribution in [0.15, 0.2) is 54.7 Å². The molecule has 2 aromatic carbocycles. The van der Waals surface area contributed by atoms with E-state index in [0.717, 1.165) is 86.8 Å².